The highest BCUT2D eigenvalue weighted by molar-refractivity contribution is 6.02. The van der Waals surface area contributed by atoms with Crippen LogP contribution >= 0.6 is 0 Å². The number of hydrogen-bond acceptors (Lipinski definition) is 2. The zero-order valence-electron chi connectivity index (χ0n) is 12.3. The van der Waals surface area contributed by atoms with E-state index in [1.165, 1.54) is 0 Å². The lowest BCUT2D eigenvalue weighted by Gasteiger charge is -2.42. The van der Waals surface area contributed by atoms with Gasteiger partial charge < -0.3 is 0 Å². The van der Waals surface area contributed by atoms with Gasteiger partial charge in [-0.2, -0.15) is 0 Å². The van der Waals surface area contributed by atoms with Crippen molar-refractivity contribution in [3.05, 3.63) is 48.5 Å². The van der Waals surface area contributed by atoms with E-state index in [0.29, 0.717) is 6.42 Å². The van der Waals surface area contributed by atoms with Gasteiger partial charge in [0.2, 0.25) is 5.91 Å². The minimum atomic E-state index is -0.364. The van der Waals surface area contributed by atoms with Crippen LogP contribution < -0.4 is 4.90 Å². The molecule has 0 spiro atoms. The highest BCUT2D eigenvalue weighted by atomic mass is 16.2. The van der Waals surface area contributed by atoms with Crippen molar-refractivity contribution in [3.8, 4) is 11.4 Å². The molecule has 0 radical (unpaired) electrons. The molecule has 4 heteroatoms. The average Bonchev–Trinajstić information content (AvgIpc) is 3.07. The summed E-state index contributed by atoms with van der Waals surface area (Å²) in [6, 6.07) is 16.2. The van der Waals surface area contributed by atoms with E-state index in [1.807, 2.05) is 41.3 Å². The fourth-order valence-corrected chi connectivity index (χ4v) is 3.99. The lowest BCUT2D eigenvalue weighted by atomic mass is 10.0. The standard InChI is InChI=1S/C18H15N3O/c1-18-11-10-16(22)20(18)14-8-4-2-6-12(14)17-19-13-7-3-5-9-15(13)21(17)18/h2-9H,10-11H2,1H3/t18-/m1/s1. The molecule has 108 valence electrons. The normalized spacial score (nSPS) is 22.6. The summed E-state index contributed by atoms with van der Waals surface area (Å²) in [5.41, 5.74) is 3.72. The van der Waals surface area contributed by atoms with Gasteiger partial charge in [-0.05, 0) is 37.6 Å². The largest absolute Gasteiger partial charge is 0.300 e. The second kappa shape index (κ2) is 3.77. The molecular formula is C18H15N3O. The summed E-state index contributed by atoms with van der Waals surface area (Å²) >= 11 is 0. The number of imidazole rings is 1. The van der Waals surface area contributed by atoms with Crippen molar-refractivity contribution in [1.82, 2.24) is 9.55 Å². The molecule has 2 aliphatic heterocycles. The van der Waals surface area contributed by atoms with Gasteiger partial charge in [0.25, 0.3) is 0 Å². The van der Waals surface area contributed by atoms with Crippen LogP contribution in [-0.2, 0) is 10.5 Å². The Bertz CT molecular complexity index is 942. The minimum Gasteiger partial charge on any atom is -0.300 e. The molecule has 1 amide bonds. The molecule has 0 aliphatic carbocycles. The predicted molar refractivity (Wildman–Crippen MR) is 85.5 cm³/mol. The Labute approximate surface area is 128 Å². The molecule has 1 atom stereocenters. The van der Waals surface area contributed by atoms with Gasteiger partial charge in [0.15, 0.2) is 0 Å². The second-order valence-corrected chi connectivity index (χ2v) is 6.22. The maximum Gasteiger partial charge on any atom is 0.229 e. The van der Waals surface area contributed by atoms with Gasteiger partial charge in [-0.25, -0.2) is 4.98 Å². The van der Waals surface area contributed by atoms with Crippen molar-refractivity contribution in [2.24, 2.45) is 0 Å². The number of fused-ring (bicyclic) bond motifs is 8. The summed E-state index contributed by atoms with van der Waals surface area (Å²) in [6.45, 7) is 2.14. The summed E-state index contributed by atoms with van der Waals surface area (Å²) in [5, 5.41) is 0. The van der Waals surface area contributed by atoms with Crippen LogP contribution in [0.15, 0.2) is 48.5 Å². The van der Waals surface area contributed by atoms with Crippen molar-refractivity contribution in [2.45, 2.75) is 25.4 Å². The van der Waals surface area contributed by atoms with Crippen LogP contribution in [0.5, 0.6) is 0 Å². The molecule has 3 heterocycles. The Hall–Kier alpha value is -2.62. The van der Waals surface area contributed by atoms with Crippen LogP contribution in [0.4, 0.5) is 5.69 Å². The smallest absolute Gasteiger partial charge is 0.229 e. The van der Waals surface area contributed by atoms with E-state index in [2.05, 4.69) is 23.6 Å². The minimum absolute atomic E-state index is 0.193. The van der Waals surface area contributed by atoms with Gasteiger partial charge in [-0.3, -0.25) is 14.3 Å². The van der Waals surface area contributed by atoms with Crippen LogP contribution in [-0.4, -0.2) is 15.5 Å². The molecule has 22 heavy (non-hydrogen) atoms. The van der Waals surface area contributed by atoms with Crippen LogP contribution in [0, 0.1) is 0 Å². The van der Waals surface area contributed by atoms with Gasteiger partial charge in [-0.15, -0.1) is 0 Å². The third-order valence-electron chi connectivity index (χ3n) is 4.97. The summed E-state index contributed by atoms with van der Waals surface area (Å²) in [6.07, 6.45) is 1.39. The second-order valence-electron chi connectivity index (χ2n) is 6.22. The quantitative estimate of drug-likeness (QED) is 0.635. The van der Waals surface area contributed by atoms with Crippen LogP contribution in [0.1, 0.15) is 19.8 Å². The Kier molecular flexibility index (Phi) is 2.05. The van der Waals surface area contributed by atoms with Crippen molar-refractivity contribution >= 4 is 22.6 Å². The lowest BCUT2D eigenvalue weighted by Crippen LogP contribution is -2.48. The number of anilines is 1. The molecular weight excluding hydrogens is 274 g/mol. The average molecular weight is 289 g/mol. The summed E-state index contributed by atoms with van der Waals surface area (Å²) in [7, 11) is 0. The first-order chi connectivity index (χ1) is 10.7. The van der Waals surface area contributed by atoms with E-state index >= 15 is 0 Å². The molecule has 0 saturated carbocycles. The Balaban J connectivity index is 1.97. The lowest BCUT2D eigenvalue weighted by molar-refractivity contribution is -0.117. The van der Waals surface area contributed by atoms with E-state index in [4.69, 9.17) is 4.98 Å². The topological polar surface area (TPSA) is 38.1 Å². The number of benzene rings is 2. The Morgan fingerprint density at radius 2 is 1.86 bits per heavy atom. The monoisotopic (exact) mass is 289 g/mol. The van der Waals surface area contributed by atoms with Crippen molar-refractivity contribution in [2.75, 3.05) is 4.90 Å². The molecule has 0 bridgehead atoms. The number of hydrogen-bond donors (Lipinski definition) is 0. The molecule has 2 aliphatic rings. The number of rotatable bonds is 0. The number of aromatic nitrogens is 2. The Morgan fingerprint density at radius 3 is 2.77 bits per heavy atom. The van der Waals surface area contributed by atoms with Crippen molar-refractivity contribution < 1.29 is 4.79 Å². The first-order valence-corrected chi connectivity index (χ1v) is 7.60. The van der Waals surface area contributed by atoms with E-state index in [9.17, 15) is 4.79 Å². The van der Waals surface area contributed by atoms with E-state index in [-0.39, 0.29) is 11.6 Å². The molecule has 5 rings (SSSR count). The highest BCUT2D eigenvalue weighted by Crippen LogP contribution is 2.49. The number of carbonyl (C=O) groups excluding carboxylic acids is 1. The fraction of sp³-hybridized carbons (Fsp3) is 0.222. The molecule has 0 N–H and O–H groups in total. The molecule has 1 saturated heterocycles. The number of amides is 1. The van der Waals surface area contributed by atoms with Gasteiger partial charge >= 0.3 is 0 Å². The van der Waals surface area contributed by atoms with Crippen molar-refractivity contribution in [3.63, 3.8) is 0 Å². The SMILES string of the molecule is C[C@@]12CCC(=O)N1c1ccccc1-c1nc3ccccc3n12. The molecule has 2 aromatic carbocycles. The first kappa shape index (κ1) is 12.0. The molecule has 3 aromatic rings. The molecule has 1 fully saturated rings. The zero-order chi connectivity index (χ0) is 14.9. The molecule has 0 unspecified atom stereocenters. The number of carbonyl (C=O) groups is 1. The van der Waals surface area contributed by atoms with Crippen molar-refractivity contribution in [1.29, 1.82) is 0 Å². The summed E-state index contributed by atoms with van der Waals surface area (Å²) in [5.74, 6) is 1.16. The maximum atomic E-state index is 12.5. The van der Waals surface area contributed by atoms with E-state index in [0.717, 1.165) is 34.5 Å². The third kappa shape index (κ3) is 1.24. The molecule has 1 aromatic heterocycles. The fourth-order valence-electron chi connectivity index (χ4n) is 3.99. The highest BCUT2D eigenvalue weighted by Gasteiger charge is 2.49. The Morgan fingerprint density at radius 1 is 1.09 bits per heavy atom. The van der Waals surface area contributed by atoms with E-state index < -0.39 is 0 Å². The summed E-state index contributed by atoms with van der Waals surface area (Å²) in [4.78, 5) is 19.3. The summed E-state index contributed by atoms with van der Waals surface area (Å²) < 4.78 is 2.25. The number of nitrogens with zero attached hydrogens (tertiary/aromatic N) is 3. The third-order valence-corrected chi connectivity index (χ3v) is 4.97. The first-order valence-electron chi connectivity index (χ1n) is 7.60. The van der Waals surface area contributed by atoms with Crippen LogP contribution in [0.25, 0.3) is 22.4 Å². The van der Waals surface area contributed by atoms with Gasteiger partial charge in [0.1, 0.15) is 11.5 Å². The van der Waals surface area contributed by atoms with E-state index in [1.54, 1.807) is 0 Å². The van der Waals surface area contributed by atoms with Crippen LogP contribution in [0.3, 0.4) is 0 Å². The maximum absolute atomic E-state index is 12.5. The van der Waals surface area contributed by atoms with Gasteiger partial charge in [0.05, 0.1) is 16.7 Å². The van der Waals surface area contributed by atoms with Gasteiger partial charge in [0, 0.05) is 12.0 Å². The zero-order valence-corrected chi connectivity index (χ0v) is 12.3. The van der Waals surface area contributed by atoms with Crippen LogP contribution in [0.2, 0.25) is 0 Å². The molecule has 4 nitrogen and oxygen atoms in total. The van der Waals surface area contributed by atoms with Gasteiger partial charge in [-0.1, -0.05) is 24.3 Å². The predicted octanol–water partition coefficient (Wildman–Crippen LogP) is 3.52. The number of para-hydroxylation sites is 3.